The molecule has 1 heterocycles. The maximum absolute atomic E-state index is 5.01. The molecular weight excluding hydrogens is 206 g/mol. The lowest BCUT2D eigenvalue weighted by Gasteiger charge is -2.11. The fraction of sp³-hybridized carbons (Fsp3) is 0.667. The van der Waals surface area contributed by atoms with Gasteiger partial charge >= 0.3 is 0 Å². The van der Waals surface area contributed by atoms with Crippen molar-refractivity contribution in [3.05, 3.63) is 21.9 Å². The molecule has 1 unspecified atom stereocenters. The summed E-state index contributed by atoms with van der Waals surface area (Å²) in [6.07, 6.45) is 2.22. The highest BCUT2D eigenvalue weighted by atomic mass is 32.1. The third kappa shape index (κ3) is 4.33. The predicted octanol–water partition coefficient (Wildman–Crippen LogP) is 3.00. The van der Waals surface area contributed by atoms with Gasteiger partial charge in [0, 0.05) is 29.5 Å². The Hall–Kier alpha value is -0.380. The summed E-state index contributed by atoms with van der Waals surface area (Å²) in [5, 5.41) is 3.50. The zero-order valence-corrected chi connectivity index (χ0v) is 10.7. The van der Waals surface area contributed by atoms with Crippen molar-refractivity contribution >= 4 is 11.3 Å². The average Bonchev–Trinajstić information content (AvgIpc) is 2.72. The second-order valence-electron chi connectivity index (χ2n) is 3.68. The van der Waals surface area contributed by atoms with Crippen LogP contribution in [-0.4, -0.2) is 20.3 Å². The number of nitrogens with one attached hydrogen (secondary N) is 1. The summed E-state index contributed by atoms with van der Waals surface area (Å²) in [6, 6.07) is 4.93. The molecule has 1 rings (SSSR count). The molecule has 1 aromatic rings. The lowest BCUT2D eigenvalue weighted by Crippen LogP contribution is -2.19. The number of rotatable bonds is 7. The first-order chi connectivity index (χ1) is 7.27. The molecule has 0 fully saturated rings. The van der Waals surface area contributed by atoms with E-state index < -0.39 is 0 Å². The van der Waals surface area contributed by atoms with Gasteiger partial charge in [0.25, 0.3) is 0 Å². The molecule has 0 radical (unpaired) electrons. The first-order valence-electron chi connectivity index (χ1n) is 5.58. The van der Waals surface area contributed by atoms with Crippen LogP contribution >= 0.6 is 11.3 Å². The first kappa shape index (κ1) is 12.7. The van der Waals surface area contributed by atoms with E-state index in [9.17, 15) is 0 Å². The summed E-state index contributed by atoms with van der Waals surface area (Å²) in [5.41, 5.74) is 0. The standard InChI is InChI=1S/C12H21NOS/c1-4-11-6-7-12(15-11)10(2)13-8-5-9-14-3/h6-7,10,13H,4-5,8-9H2,1-3H3. The van der Waals surface area contributed by atoms with Crippen LogP contribution in [0.4, 0.5) is 0 Å². The van der Waals surface area contributed by atoms with Gasteiger partial charge in [-0.05, 0) is 38.4 Å². The van der Waals surface area contributed by atoms with E-state index in [0.717, 1.165) is 26.0 Å². The molecule has 0 bridgehead atoms. The molecule has 0 saturated carbocycles. The predicted molar refractivity (Wildman–Crippen MR) is 66.6 cm³/mol. The molecule has 15 heavy (non-hydrogen) atoms. The van der Waals surface area contributed by atoms with Crippen LogP contribution in [0.3, 0.4) is 0 Å². The van der Waals surface area contributed by atoms with E-state index in [0.29, 0.717) is 6.04 Å². The Morgan fingerprint density at radius 2 is 2.27 bits per heavy atom. The normalized spacial score (nSPS) is 13.0. The minimum absolute atomic E-state index is 0.465. The Morgan fingerprint density at radius 1 is 1.47 bits per heavy atom. The number of hydrogen-bond acceptors (Lipinski definition) is 3. The van der Waals surface area contributed by atoms with Crippen molar-refractivity contribution in [2.75, 3.05) is 20.3 Å². The van der Waals surface area contributed by atoms with E-state index in [1.54, 1.807) is 7.11 Å². The Kier molecular flexibility index (Phi) is 5.91. The first-order valence-corrected chi connectivity index (χ1v) is 6.40. The van der Waals surface area contributed by atoms with Crippen LogP contribution < -0.4 is 5.32 Å². The van der Waals surface area contributed by atoms with Crippen LogP contribution in [0.2, 0.25) is 0 Å². The van der Waals surface area contributed by atoms with Gasteiger partial charge in [0.1, 0.15) is 0 Å². The van der Waals surface area contributed by atoms with Gasteiger partial charge in [0.05, 0.1) is 0 Å². The van der Waals surface area contributed by atoms with Gasteiger partial charge in [-0.3, -0.25) is 0 Å². The van der Waals surface area contributed by atoms with Crippen LogP contribution in [0.15, 0.2) is 12.1 Å². The zero-order chi connectivity index (χ0) is 11.1. The summed E-state index contributed by atoms with van der Waals surface area (Å²) < 4.78 is 5.01. The molecule has 1 aromatic heterocycles. The van der Waals surface area contributed by atoms with Gasteiger partial charge < -0.3 is 10.1 Å². The third-order valence-corrected chi connectivity index (χ3v) is 3.85. The van der Waals surface area contributed by atoms with Crippen molar-refractivity contribution in [2.45, 2.75) is 32.7 Å². The smallest absolute Gasteiger partial charge is 0.0474 e. The minimum Gasteiger partial charge on any atom is -0.385 e. The lowest BCUT2D eigenvalue weighted by atomic mass is 10.2. The number of thiophene rings is 1. The fourth-order valence-electron chi connectivity index (χ4n) is 1.45. The zero-order valence-electron chi connectivity index (χ0n) is 9.88. The summed E-state index contributed by atoms with van der Waals surface area (Å²) in [4.78, 5) is 2.90. The van der Waals surface area contributed by atoms with Gasteiger partial charge in [0.2, 0.25) is 0 Å². The Labute approximate surface area is 96.7 Å². The van der Waals surface area contributed by atoms with Crippen molar-refractivity contribution in [1.82, 2.24) is 5.32 Å². The highest BCUT2D eigenvalue weighted by Gasteiger charge is 2.06. The second-order valence-corrected chi connectivity index (χ2v) is 4.88. The summed E-state index contributed by atoms with van der Waals surface area (Å²) in [6.45, 7) is 6.28. The van der Waals surface area contributed by atoms with Gasteiger partial charge in [-0.15, -0.1) is 11.3 Å². The highest BCUT2D eigenvalue weighted by molar-refractivity contribution is 7.12. The van der Waals surface area contributed by atoms with Crippen LogP contribution in [0.25, 0.3) is 0 Å². The van der Waals surface area contributed by atoms with Crippen LogP contribution in [0.5, 0.6) is 0 Å². The molecule has 0 amide bonds. The summed E-state index contributed by atoms with van der Waals surface area (Å²) in [7, 11) is 1.75. The molecular formula is C12H21NOS. The molecule has 0 aliphatic rings. The van der Waals surface area contributed by atoms with Crippen molar-refractivity contribution in [3.8, 4) is 0 Å². The molecule has 1 atom stereocenters. The molecule has 3 heteroatoms. The van der Waals surface area contributed by atoms with Crippen LogP contribution in [0, 0.1) is 0 Å². The minimum atomic E-state index is 0.465. The van der Waals surface area contributed by atoms with Gasteiger partial charge in [0.15, 0.2) is 0 Å². The SMILES string of the molecule is CCc1ccc(C(C)NCCCOC)s1. The maximum Gasteiger partial charge on any atom is 0.0474 e. The number of aryl methyl sites for hydroxylation is 1. The molecule has 0 aliphatic carbocycles. The number of ether oxygens (including phenoxy) is 1. The fourth-order valence-corrected chi connectivity index (χ4v) is 2.43. The van der Waals surface area contributed by atoms with E-state index in [1.807, 2.05) is 11.3 Å². The highest BCUT2D eigenvalue weighted by Crippen LogP contribution is 2.23. The van der Waals surface area contributed by atoms with E-state index >= 15 is 0 Å². The van der Waals surface area contributed by atoms with Crippen molar-refractivity contribution in [2.24, 2.45) is 0 Å². The molecule has 0 saturated heterocycles. The monoisotopic (exact) mass is 227 g/mol. The molecule has 86 valence electrons. The Bertz CT molecular complexity index is 272. The third-order valence-electron chi connectivity index (χ3n) is 2.43. The number of hydrogen-bond donors (Lipinski definition) is 1. The summed E-state index contributed by atoms with van der Waals surface area (Å²) in [5.74, 6) is 0. The van der Waals surface area contributed by atoms with E-state index in [1.165, 1.54) is 9.75 Å². The van der Waals surface area contributed by atoms with Crippen molar-refractivity contribution < 1.29 is 4.74 Å². The van der Waals surface area contributed by atoms with Crippen LogP contribution in [-0.2, 0) is 11.2 Å². The quantitative estimate of drug-likeness (QED) is 0.723. The molecule has 0 spiro atoms. The second kappa shape index (κ2) is 6.99. The topological polar surface area (TPSA) is 21.3 Å². The molecule has 1 N–H and O–H groups in total. The lowest BCUT2D eigenvalue weighted by molar-refractivity contribution is 0.193. The van der Waals surface area contributed by atoms with Gasteiger partial charge in [-0.2, -0.15) is 0 Å². The van der Waals surface area contributed by atoms with E-state index in [2.05, 4.69) is 31.3 Å². The molecule has 0 aromatic carbocycles. The van der Waals surface area contributed by atoms with Gasteiger partial charge in [-0.1, -0.05) is 6.92 Å². The van der Waals surface area contributed by atoms with E-state index in [4.69, 9.17) is 4.74 Å². The van der Waals surface area contributed by atoms with Crippen molar-refractivity contribution in [1.29, 1.82) is 0 Å². The average molecular weight is 227 g/mol. The Morgan fingerprint density at radius 3 is 2.87 bits per heavy atom. The largest absolute Gasteiger partial charge is 0.385 e. The number of methoxy groups -OCH3 is 1. The molecule has 0 aliphatic heterocycles. The van der Waals surface area contributed by atoms with E-state index in [-0.39, 0.29) is 0 Å². The van der Waals surface area contributed by atoms with Crippen molar-refractivity contribution in [3.63, 3.8) is 0 Å². The van der Waals surface area contributed by atoms with Crippen LogP contribution in [0.1, 0.15) is 36.1 Å². The maximum atomic E-state index is 5.01. The molecule has 2 nitrogen and oxygen atoms in total. The van der Waals surface area contributed by atoms with Gasteiger partial charge in [-0.25, -0.2) is 0 Å². The Balaban J connectivity index is 2.29. The summed E-state index contributed by atoms with van der Waals surface area (Å²) >= 11 is 1.91.